The van der Waals surface area contributed by atoms with Gasteiger partial charge in [-0.3, -0.25) is 20.4 Å². The molecule has 5 nitrogen and oxygen atoms in total. The van der Waals surface area contributed by atoms with Crippen molar-refractivity contribution in [3.8, 4) is 5.75 Å². The van der Waals surface area contributed by atoms with E-state index in [1.54, 1.807) is 24.3 Å². The number of aryl methyl sites for hydroxylation is 1. The summed E-state index contributed by atoms with van der Waals surface area (Å²) < 4.78 is 5.50. The second-order valence-electron chi connectivity index (χ2n) is 5.71. The lowest BCUT2D eigenvalue weighted by atomic mass is 10.1. The van der Waals surface area contributed by atoms with Gasteiger partial charge in [-0.1, -0.05) is 53.0 Å². The van der Waals surface area contributed by atoms with Gasteiger partial charge in [-0.05, 0) is 42.7 Å². The monoisotopic (exact) mass is 428 g/mol. The lowest BCUT2D eigenvalue weighted by Crippen LogP contribution is -2.41. The van der Waals surface area contributed by atoms with Gasteiger partial charge < -0.3 is 4.74 Å². The number of nitrogens with one attached hydrogen (secondary N) is 2. The molecule has 0 aliphatic carbocycles. The van der Waals surface area contributed by atoms with E-state index in [0.29, 0.717) is 40.3 Å². The van der Waals surface area contributed by atoms with Gasteiger partial charge in [0.2, 0.25) is 11.8 Å². The second kappa shape index (κ2) is 11.0. The molecule has 0 saturated carbocycles. The number of hydrogen-bond donors (Lipinski definition) is 2. The molecule has 2 rings (SSSR count). The first-order valence-corrected chi connectivity index (χ1v) is 9.48. The minimum absolute atomic E-state index is 0.204. The summed E-state index contributed by atoms with van der Waals surface area (Å²) in [7, 11) is 0. The third-order valence-corrected chi connectivity index (χ3v) is 4.52. The summed E-state index contributed by atoms with van der Waals surface area (Å²) in [6, 6.07) is 12.3. The summed E-state index contributed by atoms with van der Waals surface area (Å²) in [5, 5.41) is 1.56. The number of benzene rings is 2. The predicted molar refractivity (Wildman–Crippen MR) is 107 cm³/mol. The molecule has 0 aromatic heterocycles. The van der Waals surface area contributed by atoms with Crippen LogP contribution in [0.4, 0.5) is 0 Å². The van der Waals surface area contributed by atoms with E-state index in [0.717, 1.165) is 5.56 Å². The quantitative estimate of drug-likeness (QED) is 0.476. The molecule has 0 heterocycles. The van der Waals surface area contributed by atoms with Gasteiger partial charge in [0.15, 0.2) is 0 Å². The minimum Gasteiger partial charge on any atom is -0.492 e. The van der Waals surface area contributed by atoms with E-state index >= 15 is 0 Å². The van der Waals surface area contributed by atoms with Crippen LogP contribution in [0.3, 0.4) is 0 Å². The van der Waals surface area contributed by atoms with Gasteiger partial charge in [0.25, 0.3) is 0 Å². The molecule has 0 radical (unpaired) electrons. The zero-order chi connectivity index (χ0) is 19.6. The summed E-state index contributed by atoms with van der Waals surface area (Å²) in [5.74, 6) is -0.0753. The fourth-order valence-electron chi connectivity index (χ4n) is 2.22. The molecule has 144 valence electrons. The Bertz CT molecular complexity index is 800. The van der Waals surface area contributed by atoms with Crippen LogP contribution in [0, 0.1) is 0 Å². The van der Waals surface area contributed by atoms with Gasteiger partial charge in [-0.25, -0.2) is 0 Å². The van der Waals surface area contributed by atoms with Gasteiger partial charge in [0, 0.05) is 22.9 Å². The minimum atomic E-state index is -0.299. The van der Waals surface area contributed by atoms with Gasteiger partial charge in [-0.2, -0.15) is 0 Å². The van der Waals surface area contributed by atoms with Gasteiger partial charge in [0.05, 0.1) is 11.6 Å². The number of amides is 2. The number of hydrazine groups is 1. The maximum absolute atomic E-state index is 11.8. The fourth-order valence-corrected chi connectivity index (χ4v) is 2.91. The Balaban J connectivity index is 1.60. The Hall–Kier alpha value is -1.95. The van der Waals surface area contributed by atoms with E-state index in [-0.39, 0.29) is 24.7 Å². The van der Waals surface area contributed by atoms with Crippen LogP contribution < -0.4 is 15.6 Å². The molecule has 2 aromatic carbocycles. The summed E-state index contributed by atoms with van der Waals surface area (Å²) in [4.78, 5) is 23.5. The topological polar surface area (TPSA) is 67.4 Å². The Morgan fingerprint density at radius 3 is 2.30 bits per heavy atom. The van der Waals surface area contributed by atoms with Crippen molar-refractivity contribution in [2.45, 2.75) is 25.7 Å². The van der Waals surface area contributed by atoms with E-state index < -0.39 is 0 Å². The smallest absolute Gasteiger partial charge is 0.238 e. The van der Waals surface area contributed by atoms with Crippen molar-refractivity contribution in [2.75, 3.05) is 6.61 Å². The van der Waals surface area contributed by atoms with E-state index in [1.807, 2.05) is 18.2 Å². The van der Waals surface area contributed by atoms with Crippen LogP contribution in [0.15, 0.2) is 42.5 Å². The van der Waals surface area contributed by atoms with Crippen molar-refractivity contribution in [1.29, 1.82) is 0 Å². The van der Waals surface area contributed by atoms with Crippen LogP contribution >= 0.6 is 34.8 Å². The largest absolute Gasteiger partial charge is 0.492 e. The third kappa shape index (κ3) is 7.67. The molecule has 0 spiro atoms. The summed E-state index contributed by atoms with van der Waals surface area (Å²) in [6.45, 7) is 0.315. The highest BCUT2D eigenvalue weighted by atomic mass is 35.5. The van der Waals surface area contributed by atoms with Crippen LogP contribution in [0.25, 0.3) is 0 Å². The van der Waals surface area contributed by atoms with Crippen molar-refractivity contribution in [1.82, 2.24) is 10.9 Å². The standard InChI is InChI=1S/C19H19Cl3N2O3/c20-14-8-9-17(16(22)12-14)27-11-3-6-18(25)23-24-19(26)10-7-13-4-1-2-5-15(13)21/h1-2,4-5,8-9,12H,3,6-7,10-11H2,(H,23,25)(H,24,26). The molecule has 0 bridgehead atoms. The molecule has 2 aromatic rings. The SMILES string of the molecule is O=C(CCCOc1ccc(Cl)cc1Cl)NNC(=O)CCc1ccccc1Cl. The molecule has 0 aliphatic heterocycles. The number of ether oxygens (including phenoxy) is 1. The molecule has 8 heteroatoms. The second-order valence-corrected chi connectivity index (χ2v) is 6.97. The highest BCUT2D eigenvalue weighted by Gasteiger charge is 2.07. The Morgan fingerprint density at radius 1 is 0.889 bits per heavy atom. The Kier molecular flexibility index (Phi) is 8.72. The molecule has 0 aliphatic rings. The Morgan fingerprint density at radius 2 is 1.59 bits per heavy atom. The molecular formula is C19H19Cl3N2O3. The maximum Gasteiger partial charge on any atom is 0.238 e. The summed E-state index contributed by atoms with van der Waals surface area (Å²) in [5.41, 5.74) is 5.66. The van der Waals surface area contributed by atoms with Gasteiger partial charge in [-0.15, -0.1) is 0 Å². The zero-order valence-electron chi connectivity index (χ0n) is 14.4. The van der Waals surface area contributed by atoms with Gasteiger partial charge in [0.1, 0.15) is 5.75 Å². The molecule has 2 amide bonds. The maximum atomic E-state index is 11.8. The van der Waals surface area contributed by atoms with Crippen molar-refractivity contribution in [2.24, 2.45) is 0 Å². The molecule has 2 N–H and O–H groups in total. The predicted octanol–water partition coefficient (Wildman–Crippen LogP) is 4.59. The number of hydrogen-bond acceptors (Lipinski definition) is 3. The lowest BCUT2D eigenvalue weighted by molar-refractivity contribution is -0.129. The lowest BCUT2D eigenvalue weighted by Gasteiger charge is -2.09. The molecule has 0 atom stereocenters. The molecule has 0 unspecified atom stereocenters. The zero-order valence-corrected chi connectivity index (χ0v) is 16.7. The number of halogens is 3. The average Bonchev–Trinajstić information content (AvgIpc) is 2.64. The van der Waals surface area contributed by atoms with Crippen LogP contribution in [0.5, 0.6) is 5.75 Å². The normalized spacial score (nSPS) is 10.3. The van der Waals surface area contributed by atoms with E-state index in [9.17, 15) is 9.59 Å². The molecule has 27 heavy (non-hydrogen) atoms. The van der Waals surface area contributed by atoms with Crippen molar-refractivity contribution in [3.05, 3.63) is 63.1 Å². The number of carbonyl (C=O) groups is 2. The fraction of sp³-hybridized carbons (Fsp3) is 0.263. The van der Waals surface area contributed by atoms with Gasteiger partial charge >= 0.3 is 0 Å². The molecule has 0 fully saturated rings. The highest BCUT2D eigenvalue weighted by Crippen LogP contribution is 2.27. The first-order valence-electron chi connectivity index (χ1n) is 8.34. The highest BCUT2D eigenvalue weighted by molar-refractivity contribution is 6.35. The van der Waals surface area contributed by atoms with Crippen LogP contribution in [0.1, 0.15) is 24.8 Å². The molecule has 0 saturated heterocycles. The number of rotatable bonds is 8. The van der Waals surface area contributed by atoms with Crippen LogP contribution in [0.2, 0.25) is 15.1 Å². The summed E-state index contributed by atoms with van der Waals surface area (Å²) >= 11 is 17.8. The van der Waals surface area contributed by atoms with E-state index in [4.69, 9.17) is 39.5 Å². The van der Waals surface area contributed by atoms with Crippen molar-refractivity contribution in [3.63, 3.8) is 0 Å². The van der Waals surface area contributed by atoms with Crippen LogP contribution in [-0.4, -0.2) is 18.4 Å². The first-order chi connectivity index (χ1) is 13.0. The van der Waals surface area contributed by atoms with E-state index in [2.05, 4.69) is 10.9 Å². The molecular weight excluding hydrogens is 411 g/mol. The Labute approximate surface area is 172 Å². The van der Waals surface area contributed by atoms with Crippen LogP contribution in [-0.2, 0) is 16.0 Å². The number of carbonyl (C=O) groups excluding carboxylic acids is 2. The van der Waals surface area contributed by atoms with Crippen molar-refractivity contribution < 1.29 is 14.3 Å². The van der Waals surface area contributed by atoms with E-state index in [1.165, 1.54) is 0 Å². The average molecular weight is 430 g/mol. The first kappa shape index (κ1) is 21.4. The third-order valence-electron chi connectivity index (χ3n) is 3.62. The summed E-state index contributed by atoms with van der Waals surface area (Å²) in [6.07, 6.45) is 1.40. The van der Waals surface area contributed by atoms with Crippen molar-refractivity contribution >= 4 is 46.6 Å².